The largest absolute Gasteiger partial charge is 0.391 e. The van der Waals surface area contributed by atoms with Crippen molar-refractivity contribution < 1.29 is 5.11 Å². The molecule has 0 aliphatic heterocycles. The average Bonchev–Trinajstić information content (AvgIpc) is 2.37. The molecule has 18 heavy (non-hydrogen) atoms. The summed E-state index contributed by atoms with van der Waals surface area (Å²) in [5.41, 5.74) is 7.20. The first kappa shape index (κ1) is 14.5. The van der Waals surface area contributed by atoms with Crippen LogP contribution in [0.25, 0.3) is 0 Å². The smallest absolute Gasteiger partial charge is 0.0760 e. The fraction of sp³-hybridized carbons (Fsp3) is 0.571. The number of hydrogen-bond acceptors (Lipinski definition) is 2. The van der Waals surface area contributed by atoms with Crippen LogP contribution in [0.2, 0.25) is 0 Å². The van der Waals surface area contributed by atoms with Crippen LogP contribution in [-0.2, 0) is 0 Å². The van der Waals surface area contributed by atoms with Crippen molar-refractivity contribution in [1.29, 1.82) is 0 Å². The Balaban J connectivity index is 2.11. The molecule has 0 spiro atoms. The van der Waals surface area contributed by atoms with Crippen molar-refractivity contribution in [2.24, 2.45) is 11.7 Å². The lowest BCUT2D eigenvalue weighted by molar-refractivity contribution is 0.0618. The predicted molar refractivity (Wildman–Crippen MR) is 81.4 cm³/mol. The molecule has 0 aromatic heterocycles. The highest BCUT2D eigenvalue weighted by Gasteiger charge is 2.27. The molecule has 0 unspecified atom stereocenters. The van der Waals surface area contributed by atoms with Gasteiger partial charge in [0.2, 0.25) is 0 Å². The van der Waals surface area contributed by atoms with E-state index in [0.29, 0.717) is 5.92 Å². The second-order valence-corrected chi connectivity index (χ2v) is 6.95. The van der Waals surface area contributed by atoms with Crippen LogP contribution in [0.3, 0.4) is 0 Å². The lowest BCUT2D eigenvalue weighted by Gasteiger charge is -2.30. The maximum Gasteiger partial charge on any atom is 0.0760 e. The summed E-state index contributed by atoms with van der Waals surface area (Å²) in [5.74, 6) is 0.353. The minimum atomic E-state index is -0.438. The van der Waals surface area contributed by atoms with E-state index in [1.165, 1.54) is 19.3 Å². The zero-order valence-corrected chi connectivity index (χ0v) is 13.5. The number of halogens is 2. The molecule has 2 rings (SSSR count). The van der Waals surface area contributed by atoms with E-state index >= 15 is 0 Å². The SMILES string of the molecule is N[C@@H](c1cc(Br)cc(Br)c1)[C@H](O)C1CCCCC1. The second kappa shape index (κ2) is 6.51. The quantitative estimate of drug-likeness (QED) is 0.832. The molecule has 1 fully saturated rings. The summed E-state index contributed by atoms with van der Waals surface area (Å²) in [5, 5.41) is 10.4. The van der Waals surface area contributed by atoms with Crippen LogP contribution in [0.5, 0.6) is 0 Å². The molecule has 1 aliphatic rings. The summed E-state index contributed by atoms with van der Waals surface area (Å²) in [6.45, 7) is 0. The van der Waals surface area contributed by atoms with Gasteiger partial charge in [-0.05, 0) is 42.5 Å². The van der Waals surface area contributed by atoms with E-state index in [1.54, 1.807) is 0 Å². The molecule has 0 amide bonds. The fourth-order valence-corrected chi connectivity index (χ4v) is 4.06. The Kier molecular flexibility index (Phi) is 5.24. The fourth-order valence-electron chi connectivity index (χ4n) is 2.73. The average molecular weight is 377 g/mol. The molecule has 2 atom stereocenters. The summed E-state index contributed by atoms with van der Waals surface area (Å²) >= 11 is 6.92. The second-order valence-electron chi connectivity index (χ2n) is 5.12. The van der Waals surface area contributed by atoms with Crippen molar-refractivity contribution in [2.45, 2.75) is 44.2 Å². The summed E-state index contributed by atoms with van der Waals surface area (Å²) in [4.78, 5) is 0. The third-order valence-electron chi connectivity index (χ3n) is 3.77. The van der Waals surface area contributed by atoms with Crippen LogP contribution >= 0.6 is 31.9 Å². The Morgan fingerprint density at radius 2 is 1.61 bits per heavy atom. The number of hydrogen-bond donors (Lipinski definition) is 2. The van der Waals surface area contributed by atoms with E-state index in [2.05, 4.69) is 31.9 Å². The summed E-state index contributed by atoms with van der Waals surface area (Å²) in [6.07, 6.45) is 5.49. The minimum Gasteiger partial charge on any atom is -0.391 e. The van der Waals surface area contributed by atoms with E-state index in [1.807, 2.05) is 18.2 Å². The molecule has 1 aliphatic carbocycles. The number of nitrogens with two attached hydrogens (primary N) is 1. The molecule has 3 N–H and O–H groups in total. The Hall–Kier alpha value is 0.1000. The maximum atomic E-state index is 10.4. The Bertz CT molecular complexity index is 385. The van der Waals surface area contributed by atoms with Gasteiger partial charge in [-0.15, -0.1) is 0 Å². The van der Waals surface area contributed by atoms with Gasteiger partial charge >= 0.3 is 0 Å². The van der Waals surface area contributed by atoms with Gasteiger partial charge in [-0.25, -0.2) is 0 Å². The molecule has 0 radical (unpaired) electrons. The van der Waals surface area contributed by atoms with Crippen molar-refractivity contribution in [3.05, 3.63) is 32.7 Å². The molecule has 1 aromatic rings. The first-order valence-corrected chi connectivity index (χ1v) is 8.06. The predicted octanol–water partition coefficient (Wildman–Crippen LogP) is 4.15. The standard InChI is InChI=1S/C14H19Br2NO/c15-11-6-10(7-12(16)8-11)13(17)14(18)9-4-2-1-3-5-9/h6-9,13-14,18H,1-5,17H2/t13-,14+/m0/s1. The van der Waals surface area contributed by atoms with E-state index < -0.39 is 6.10 Å². The zero-order valence-electron chi connectivity index (χ0n) is 10.3. The van der Waals surface area contributed by atoms with Crippen molar-refractivity contribution in [3.8, 4) is 0 Å². The molecular formula is C14H19Br2NO. The lowest BCUT2D eigenvalue weighted by atomic mass is 9.81. The van der Waals surface area contributed by atoms with E-state index in [-0.39, 0.29) is 6.04 Å². The first-order valence-electron chi connectivity index (χ1n) is 6.47. The highest BCUT2D eigenvalue weighted by Crippen LogP contribution is 2.33. The molecule has 0 heterocycles. The lowest BCUT2D eigenvalue weighted by Crippen LogP contribution is -2.34. The summed E-state index contributed by atoms with van der Waals surface area (Å²) < 4.78 is 1.97. The van der Waals surface area contributed by atoms with Gasteiger partial charge < -0.3 is 10.8 Å². The normalized spacial score (nSPS) is 20.7. The van der Waals surface area contributed by atoms with Gasteiger partial charge in [-0.2, -0.15) is 0 Å². The van der Waals surface area contributed by atoms with Crippen LogP contribution < -0.4 is 5.73 Å². The molecule has 0 saturated heterocycles. The summed E-state index contributed by atoms with van der Waals surface area (Å²) in [6, 6.07) is 5.65. The number of benzene rings is 1. The van der Waals surface area contributed by atoms with Gasteiger partial charge in [-0.3, -0.25) is 0 Å². The van der Waals surface area contributed by atoms with Crippen LogP contribution in [0.4, 0.5) is 0 Å². The third kappa shape index (κ3) is 3.56. The van der Waals surface area contributed by atoms with Gasteiger partial charge in [0.05, 0.1) is 12.1 Å². The topological polar surface area (TPSA) is 46.2 Å². The zero-order chi connectivity index (χ0) is 13.1. The molecule has 4 heteroatoms. The maximum absolute atomic E-state index is 10.4. The van der Waals surface area contributed by atoms with Gasteiger partial charge in [0.15, 0.2) is 0 Å². The molecule has 0 bridgehead atoms. The highest BCUT2D eigenvalue weighted by molar-refractivity contribution is 9.11. The van der Waals surface area contributed by atoms with E-state index in [9.17, 15) is 5.11 Å². The molecule has 2 nitrogen and oxygen atoms in total. The molecule has 100 valence electrons. The third-order valence-corrected chi connectivity index (χ3v) is 4.69. The van der Waals surface area contributed by atoms with Crippen molar-refractivity contribution in [3.63, 3.8) is 0 Å². The Morgan fingerprint density at radius 1 is 1.06 bits per heavy atom. The van der Waals surface area contributed by atoms with Gasteiger partial charge in [0, 0.05) is 8.95 Å². The number of aliphatic hydroxyl groups is 1. The van der Waals surface area contributed by atoms with Crippen molar-refractivity contribution in [2.75, 3.05) is 0 Å². The van der Waals surface area contributed by atoms with Crippen molar-refractivity contribution in [1.82, 2.24) is 0 Å². The number of rotatable bonds is 3. The molecular weight excluding hydrogens is 358 g/mol. The van der Waals surface area contributed by atoms with Crippen molar-refractivity contribution >= 4 is 31.9 Å². The summed E-state index contributed by atoms with van der Waals surface area (Å²) in [7, 11) is 0. The monoisotopic (exact) mass is 375 g/mol. The highest BCUT2D eigenvalue weighted by atomic mass is 79.9. The van der Waals surface area contributed by atoms with Gasteiger partial charge in [-0.1, -0.05) is 51.1 Å². The van der Waals surface area contributed by atoms with Crippen LogP contribution in [-0.4, -0.2) is 11.2 Å². The first-order chi connectivity index (χ1) is 8.58. The van der Waals surface area contributed by atoms with Crippen LogP contribution in [0, 0.1) is 5.92 Å². The van der Waals surface area contributed by atoms with Crippen LogP contribution in [0.1, 0.15) is 43.7 Å². The number of aliphatic hydroxyl groups excluding tert-OH is 1. The minimum absolute atomic E-state index is 0.304. The van der Waals surface area contributed by atoms with Gasteiger partial charge in [0.1, 0.15) is 0 Å². The molecule has 1 aromatic carbocycles. The Morgan fingerprint density at radius 3 is 2.17 bits per heavy atom. The van der Waals surface area contributed by atoms with Crippen LogP contribution in [0.15, 0.2) is 27.1 Å². The Labute approximate surface area is 125 Å². The van der Waals surface area contributed by atoms with Gasteiger partial charge in [0.25, 0.3) is 0 Å². The van der Waals surface area contributed by atoms with E-state index in [4.69, 9.17) is 5.73 Å². The molecule has 1 saturated carbocycles. The van der Waals surface area contributed by atoms with E-state index in [0.717, 1.165) is 27.4 Å².